The van der Waals surface area contributed by atoms with E-state index in [-0.39, 0.29) is 0 Å². The third-order valence-corrected chi connectivity index (χ3v) is 2.18. The average Bonchev–Trinajstić information content (AvgIpc) is 2.69. The van der Waals surface area contributed by atoms with E-state index in [2.05, 4.69) is 15.6 Å². The molecule has 0 bridgehead atoms. The number of hydrogen-bond acceptors (Lipinski definition) is 3. The number of amides is 2. The first-order chi connectivity index (χ1) is 7.92. The molecule has 0 aliphatic heterocycles. The third kappa shape index (κ3) is 4.13. The Balaban J connectivity index is 2.28. The van der Waals surface area contributed by atoms with Crippen LogP contribution >= 0.6 is 0 Å². The van der Waals surface area contributed by atoms with E-state index in [9.17, 15) is 9.59 Å². The van der Waals surface area contributed by atoms with Crippen LogP contribution in [0.25, 0.3) is 0 Å². The van der Waals surface area contributed by atoms with Crippen molar-refractivity contribution in [1.82, 2.24) is 20.2 Å². The van der Waals surface area contributed by atoms with Crippen molar-refractivity contribution >= 4 is 12.0 Å². The SMILES string of the molecule is CC(C)(NC(=O)NCCn1ccnc1)C(=O)O. The highest BCUT2D eigenvalue weighted by atomic mass is 16.4. The van der Waals surface area contributed by atoms with E-state index >= 15 is 0 Å². The molecule has 0 aliphatic carbocycles. The van der Waals surface area contributed by atoms with E-state index in [0.29, 0.717) is 13.1 Å². The molecule has 1 rings (SSSR count). The summed E-state index contributed by atoms with van der Waals surface area (Å²) in [6.07, 6.45) is 5.06. The molecular formula is C10H16N4O3. The summed E-state index contributed by atoms with van der Waals surface area (Å²) in [5, 5.41) is 13.7. The summed E-state index contributed by atoms with van der Waals surface area (Å²) >= 11 is 0. The van der Waals surface area contributed by atoms with E-state index in [1.165, 1.54) is 13.8 Å². The van der Waals surface area contributed by atoms with Gasteiger partial charge in [0.15, 0.2) is 0 Å². The molecule has 0 fully saturated rings. The zero-order valence-electron chi connectivity index (χ0n) is 9.80. The largest absolute Gasteiger partial charge is 0.480 e. The van der Waals surface area contributed by atoms with E-state index in [1.807, 2.05) is 4.57 Å². The second kappa shape index (κ2) is 5.33. The summed E-state index contributed by atoms with van der Waals surface area (Å²) in [4.78, 5) is 26.0. The number of urea groups is 1. The summed E-state index contributed by atoms with van der Waals surface area (Å²) in [6, 6.07) is -0.502. The normalized spacial score (nSPS) is 10.9. The van der Waals surface area contributed by atoms with Gasteiger partial charge >= 0.3 is 12.0 Å². The molecule has 2 amide bonds. The Morgan fingerprint density at radius 1 is 1.47 bits per heavy atom. The van der Waals surface area contributed by atoms with Gasteiger partial charge in [0.2, 0.25) is 0 Å². The molecule has 7 heteroatoms. The Morgan fingerprint density at radius 2 is 2.18 bits per heavy atom. The van der Waals surface area contributed by atoms with Crippen molar-refractivity contribution in [2.75, 3.05) is 6.54 Å². The number of carbonyl (C=O) groups is 2. The summed E-state index contributed by atoms with van der Waals surface area (Å²) in [5.41, 5.74) is -1.28. The maximum atomic E-state index is 11.4. The van der Waals surface area contributed by atoms with Crippen molar-refractivity contribution in [3.63, 3.8) is 0 Å². The number of carboxylic acid groups (broad SMARTS) is 1. The van der Waals surface area contributed by atoms with E-state index < -0.39 is 17.5 Å². The lowest BCUT2D eigenvalue weighted by Crippen LogP contribution is -2.53. The topological polar surface area (TPSA) is 96.3 Å². The molecule has 1 aromatic heterocycles. The molecule has 94 valence electrons. The van der Waals surface area contributed by atoms with Crippen LogP contribution in [0.1, 0.15) is 13.8 Å². The number of hydrogen-bond donors (Lipinski definition) is 3. The molecule has 0 unspecified atom stereocenters. The maximum absolute atomic E-state index is 11.4. The lowest BCUT2D eigenvalue weighted by Gasteiger charge is -2.21. The first-order valence-corrected chi connectivity index (χ1v) is 5.17. The van der Waals surface area contributed by atoms with Gasteiger partial charge in [-0.05, 0) is 13.8 Å². The predicted octanol–water partition coefficient (Wildman–Crippen LogP) is 0.0455. The van der Waals surface area contributed by atoms with Crippen LogP contribution in [0, 0.1) is 0 Å². The van der Waals surface area contributed by atoms with Crippen LogP contribution in [0.15, 0.2) is 18.7 Å². The van der Waals surface area contributed by atoms with Gasteiger partial charge in [0.25, 0.3) is 0 Å². The molecule has 3 N–H and O–H groups in total. The van der Waals surface area contributed by atoms with Crippen molar-refractivity contribution in [3.05, 3.63) is 18.7 Å². The first kappa shape index (κ1) is 13.0. The first-order valence-electron chi connectivity index (χ1n) is 5.17. The second-order valence-electron chi connectivity index (χ2n) is 4.11. The number of carboxylic acids is 1. The zero-order chi connectivity index (χ0) is 12.9. The van der Waals surface area contributed by atoms with Crippen LogP contribution in [0.3, 0.4) is 0 Å². The summed E-state index contributed by atoms with van der Waals surface area (Å²) in [6.45, 7) is 3.83. The molecule has 0 spiro atoms. The van der Waals surface area contributed by atoms with Gasteiger partial charge in [0.05, 0.1) is 6.33 Å². The van der Waals surface area contributed by atoms with Gasteiger partial charge < -0.3 is 20.3 Å². The number of nitrogens with one attached hydrogen (secondary N) is 2. The van der Waals surface area contributed by atoms with E-state index in [1.54, 1.807) is 18.7 Å². The quantitative estimate of drug-likeness (QED) is 0.677. The fourth-order valence-corrected chi connectivity index (χ4v) is 1.10. The van der Waals surface area contributed by atoms with Gasteiger partial charge in [0.1, 0.15) is 5.54 Å². The lowest BCUT2D eigenvalue weighted by atomic mass is 10.1. The number of nitrogens with zero attached hydrogens (tertiary/aromatic N) is 2. The Kier molecular flexibility index (Phi) is 4.08. The van der Waals surface area contributed by atoms with Crippen molar-refractivity contribution < 1.29 is 14.7 Å². The van der Waals surface area contributed by atoms with Gasteiger partial charge in [-0.3, -0.25) is 0 Å². The maximum Gasteiger partial charge on any atom is 0.328 e. The molecule has 0 atom stereocenters. The molecule has 0 aromatic carbocycles. The molecule has 0 aliphatic rings. The number of carbonyl (C=O) groups excluding carboxylic acids is 1. The average molecular weight is 240 g/mol. The standard InChI is InChI=1S/C10H16N4O3/c1-10(2,8(15)16)13-9(17)12-4-6-14-5-3-11-7-14/h3,5,7H,4,6H2,1-2H3,(H,15,16)(H2,12,13,17). The Labute approximate surface area is 98.8 Å². The van der Waals surface area contributed by atoms with Crippen LogP contribution in [-0.2, 0) is 11.3 Å². The minimum absolute atomic E-state index is 0.401. The highest BCUT2D eigenvalue weighted by molar-refractivity contribution is 5.85. The lowest BCUT2D eigenvalue weighted by molar-refractivity contribution is -0.142. The van der Waals surface area contributed by atoms with E-state index in [0.717, 1.165) is 0 Å². The van der Waals surface area contributed by atoms with Gasteiger partial charge in [0, 0.05) is 25.5 Å². The minimum Gasteiger partial charge on any atom is -0.480 e. The Morgan fingerprint density at radius 3 is 2.71 bits per heavy atom. The summed E-state index contributed by atoms with van der Waals surface area (Å²) < 4.78 is 1.81. The van der Waals surface area contributed by atoms with Gasteiger partial charge in [-0.1, -0.05) is 0 Å². The predicted molar refractivity (Wildman–Crippen MR) is 60.5 cm³/mol. The zero-order valence-corrected chi connectivity index (χ0v) is 9.80. The number of aliphatic carboxylic acids is 1. The summed E-state index contributed by atoms with van der Waals surface area (Å²) in [7, 11) is 0. The highest BCUT2D eigenvalue weighted by Gasteiger charge is 2.28. The summed E-state index contributed by atoms with van der Waals surface area (Å²) in [5.74, 6) is -1.08. The van der Waals surface area contributed by atoms with Crippen LogP contribution in [0.2, 0.25) is 0 Å². The van der Waals surface area contributed by atoms with Crippen LogP contribution in [0.4, 0.5) is 4.79 Å². The van der Waals surface area contributed by atoms with Crippen molar-refractivity contribution in [2.45, 2.75) is 25.9 Å². The van der Waals surface area contributed by atoms with Crippen molar-refractivity contribution in [1.29, 1.82) is 0 Å². The minimum atomic E-state index is -1.28. The molecule has 0 saturated heterocycles. The molecule has 7 nitrogen and oxygen atoms in total. The van der Waals surface area contributed by atoms with Crippen LogP contribution < -0.4 is 10.6 Å². The number of imidazole rings is 1. The van der Waals surface area contributed by atoms with E-state index in [4.69, 9.17) is 5.11 Å². The molecule has 1 aromatic rings. The molecular weight excluding hydrogens is 224 g/mol. The van der Waals surface area contributed by atoms with Crippen molar-refractivity contribution in [3.8, 4) is 0 Å². The highest BCUT2D eigenvalue weighted by Crippen LogP contribution is 2.00. The number of rotatable bonds is 5. The molecule has 0 saturated carbocycles. The fourth-order valence-electron chi connectivity index (χ4n) is 1.10. The van der Waals surface area contributed by atoms with Crippen LogP contribution in [-0.4, -0.2) is 38.7 Å². The van der Waals surface area contributed by atoms with Crippen LogP contribution in [0.5, 0.6) is 0 Å². The number of aromatic nitrogens is 2. The fraction of sp³-hybridized carbons (Fsp3) is 0.500. The monoisotopic (exact) mass is 240 g/mol. The molecule has 17 heavy (non-hydrogen) atoms. The Bertz CT molecular complexity index is 386. The van der Waals surface area contributed by atoms with Gasteiger partial charge in [-0.2, -0.15) is 0 Å². The Hall–Kier alpha value is -2.05. The van der Waals surface area contributed by atoms with Crippen molar-refractivity contribution in [2.24, 2.45) is 0 Å². The van der Waals surface area contributed by atoms with Gasteiger partial charge in [-0.25, -0.2) is 14.6 Å². The molecule has 1 heterocycles. The molecule has 0 radical (unpaired) electrons. The second-order valence-corrected chi connectivity index (χ2v) is 4.11. The smallest absolute Gasteiger partial charge is 0.328 e. The van der Waals surface area contributed by atoms with Gasteiger partial charge in [-0.15, -0.1) is 0 Å². The third-order valence-electron chi connectivity index (χ3n) is 2.18.